The number of carboxylic acids is 1. The molecule has 0 aromatic heterocycles. The molecule has 4 unspecified atom stereocenters. The van der Waals surface area contributed by atoms with Crippen molar-refractivity contribution in [3.63, 3.8) is 0 Å². The van der Waals surface area contributed by atoms with Gasteiger partial charge in [-0.3, -0.25) is 4.79 Å². The minimum atomic E-state index is -0.708. The third-order valence-corrected chi connectivity index (χ3v) is 6.28. The Balaban J connectivity index is 4.04. The van der Waals surface area contributed by atoms with E-state index in [0.29, 0.717) is 5.41 Å². The molecule has 4 heteroatoms. The molecule has 0 saturated carbocycles. The molecule has 4 atom stereocenters. The first kappa shape index (κ1) is 26.4. The molecule has 27 heavy (non-hydrogen) atoms. The van der Waals surface area contributed by atoms with Crippen molar-refractivity contribution in [3.8, 4) is 0 Å². The molecule has 0 spiro atoms. The van der Waals surface area contributed by atoms with E-state index in [9.17, 15) is 9.90 Å². The molecule has 0 heterocycles. The normalized spacial score (nSPS) is 17.3. The van der Waals surface area contributed by atoms with E-state index < -0.39 is 5.97 Å². The summed E-state index contributed by atoms with van der Waals surface area (Å²) < 4.78 is 5.53. The molecule has 0 amide bonds. The van der Waals surface area contributed by atoms with E-state index in [0.717, 1.165) is 57.3 Å². The monoisotopic (exact) mass is 386 g/mol. The van der Waals surface area contributed by atoms with E-state index in [-0.39, 0.29) is 18.6 Å². The second-order valence-corrected chi connectivity index (χ2v) is 8.82. The highest BCUT2D eigenvalue weighted by Crippen LogP contribution is 2.36. The van der Waals surface area contributed by atoms with Crippen molar-refractivity contribution >= 4 is 5.97 Å². The van der Waals surface area contributed by atoms with Crippen LogP contribution in [-0.2, 0) is 9.53 Å². The fourth-order valence-electron chi connectivity index (χ4n) is 3.95. The molecule has 2 N–H and O–H groups in total. The van der Waals surface area contributed by atoms with Crippen LogP contribution in [0.15, 0.2) is 0 Å². The summed E-state index contributed by atoms with van der Waals surface area (Å²) in [5.41, 5.74) is 0.383. The summed E-state index contributed by atoms with van der Waals surface area (Å²) in [6.07, 6.45) is 12.3. The van der Waals surface area contributed by atoms with Gasteiger partial charge in [-0.25, -0.2) is 0 Å². The summed E-state index contributed by atoms with van der Waals surface area (Å²) in [5, 5.41) is 19.1. The van der Waals surface area contributed by atoms with Crippen LogP contribution in [0.1, 0.15) is 111 Å². The Bertz CT molecular complexity index is 371. The lowest BCUT2D eigenvalue weighted by molar-refractivity contribution is -0.137. The van der Waals surface area contributed by atoms with Gasteiger partial charge in [-0.1, -0.05) is 72.6 Å². The van der Waals surface area contributed by atoms with Gasteiger partial charge in [0, 0.05) is 13.5 Å². The van der Waals surface area contributed by atoms with Gasteiger partial charge in [-0.15, -0.1) is 0 Å². The average molecular weight is 387 g/mol. The lowest BCUT2D eigenvalue weighted by atomic mass is 9.75. The fraction of sp³-hybridized carbons (Fsp3) is 0.957. The van der Waals surface area contributed by atoms with Gasteiger partial charge in [-0.2, -0.15) is 0 Å². The van der Waals surface area contributed by atoms with Crippen LogP contribution in [0.4, 0.5) is 0 Å². The van der Waals surface area contributed by atoms with Crippen molar-refractivity contribution in [1.29, 1.82) is 0 Å². The summed E-state index contributed by atoms with van der Waals surface area (Å²) in [5.74, 6) is 0.0583. The molecule has 162 valence electrons. The SMILES string of the molecule is CCC(C)CC(C)(CC)CCCC(O)C(CCCCCCCC(=O)O)OC. The van der Waals surface area contributed by atoms with Gasteiger partial charge >= 0.3 is 5.97 Å². The molecule has 4 nitrogen and oxygen atoms in total. The van der Waals surface area contributed by atoms with E-state index in [1.807, 2.05) is 0 Å². The number of aliphatic hydroxyl groups excluding tert-OH is 1. The molecule has 0 radical (unpaired) electrons. The smallest absolute Gasteiger partial charge is 0.303 e. The van der Waals surface area contributed by atoms with Crippen LogP contribution < -0.4 is 0 Å². The molecule has 0 rings (SSSR count). The van der Waals surface area contributed by atoms with Crippen LogP contribution in [0.25, 0.3) is 0 Å². The number of methoxy groups -OCH3 is 1. The summed E-state index contributed by atoms with van der Waals surface area (Å²) >= 11 is 0. The van der Waals surface area contributed by atoms with Crippen LogP contribution in [0.5, 0.6) is 0 Å². The third-order valence-electron chi connectivity index (χ3n) is 6.28. The second kappa shape index (κ2) is 15.3. The minimum absolute atomic E-state index is 0.0773. The predicted octanol–water partition coefficient (Wildman–Crippen LogP) is 6.20. The number of carbonyl (C=O) groups is 1. The van der Waals surface area contributed by atoms with Crippen molar-refractivity contribution in [2.75, 3.05) is 7.11 Å². The first-order valence-corrected chi connectivity index (χ1v) is 11.2. The lowest BCUT2D eigenvalue weighted by Gasteiger charge is -2.32. The number of aliphatic carboxylic acids is 1. The molecule has 0 aliphatic carbocycles. The molecule has 0 bridgehead atoms. The molecule has 0 aliphatic rings. The van der Waals surface area contributed by atoms with Gasteiger partial charge in [0.15, 0.2) is 0 Å². The maximum Gasteiger partial charge on any atom is 0.303 e. The standard InChI is InChI=1S/C23H46O4/c1-6-19(3)18-23(4,7-2)17-13-14-20(24)21(27-5)15-11-9-8-10-12-16-22(25)26/h19-21,24H,6-18H2,1-5H3,(H,25,26). The highest BCUT2D eigenvalue weighted by atomic mass is 16.5. The van der Waals surface area contributed by atoms with Gasteiger partial charge in [-0.05, 0) is 43.4 Å². The van der Waals surface area contributed by atoms with Crippen molar-refractivity contribution < 1.29 is 19.7 Å². The van der Waals surface area contributed by atoms with Gasteiger partial charge in [0.25, 0.3) is 0 Å². The molecular weight excluding hydrogens is 340 g/mol. The molecule has 0 saturated heterocycles. The Morgan fingerprint density at radius 3 is 2.22 bits per heavy atom. The Labute approximate surface area is 168 Å². The molecule has 0 aromatic carbocycles. The first-order chi connectivity index (χ1) is 12.8. The summed E-state index contributed by atoms with van der Waals surface area (Å²) in [7, 11) is 1.69. The quantitative estimate of drug-likeness (QED) is 0.275. The molecular formula is C23H46O4. The lowest BCUT2D eigenvalue weighted by Crippen LogP contribution is -2.28. The van der Waals surface area contributed by atoms with E-state index in [4.69, 9.17) is 9.84 Å². The number of ether oxygens (including phenoxy) is 1. The highest BCUT2D eigenvalue weighted by Gasteiger charge is 2.25. The van der Waals surface area contributed by atoms with Crippen molar-refractivity contribution in [3.05, 3.63) is 0 Å². The summed E-state index contributed by atoms with van der Waals surface area (Å²) in [6, 6.07) is 0. The topological polar surface area (TPSA) is 66.8 Å². The Hall–Kier alpha value is -0.610. The second-order valence-electron chi connectivity index (χ2n) is 8.82. The van der Waals surface area contributed by atoms with Gasteiger partial charge in [0.1, 0.15) is 0 Å². The maximum absolute atomic E-state index is 10.5. The largest absolute Gasteiger partial charge is 0.481 e. The van der Waals surface area contributed by atoms with E-state index in [1.54, 1.807) is 7.11 Å². The van der Waals surface area contributed by atoms with Gasteiger partial charge in [0.2, 0.25) is 0 Å². The van der Waals surface area contributed by atoms with Crippen LogP contribution in [0.2, 0.25) is 0 Å². The Morgan fingerprint density at radius 1 is 1.04 bits per heavy atom. The van der Waals surface area contributed by atoms with Crippen LogP contribution >= 0.6 is 0 Å². The summed E-state index contributed by atoms with van der Waals surface area (Å²) in [6.45, 7) is 9.28. The Kier molecular flexibility index (Phi) is 15.0. The third kappa shape index (κ3) is 13.2. The van der Waals surface area contributed by atoms with Crippen LogP contribution in [0, 0.1) is 11.3 Å². The molecule has 0 fully saturated rings. The first-order valence-electron chi connectivity index (χ1n) is 11.2. The van der Waals surface area contributed by atoms with Crippen LogP contribution in [-0.4, -0.2) is 35.5 Å². The number of unbranched alkanes of at least 4 members (excludes halogenated alkanes) is 4. The number of hydrogen-bond donors (Lipinski definition) is 2. The number of rotatable bonds is 18. The van der Waals surface area contributed by atoms with E-state index in [1.165, 1.54) is 25.7 Å². The zero-order valence-corrected chi connectivity index (χ0v) is 18.6. The fourth-order valence-corrected chi connectivity index (χ4v) is 3.95. The van der Waals surface area contributed by atoms with Crippen LogP contribution in [0.3, 0.4) is 0 Å². The van der Waals surface area contributed by atoms with Crippen molar-refractivity contribution in [2.45, 2.75) is 123 Å². The average Bonchev–Trinajstić information content (AvgIpc) is 2.63. The zero-order valence-electron chi connectivity index (χ0n) is 18.6. The number of aliphatic hydroxyl groups is 1. The van der Waals surface area contributed by atoms with E-state index >= 15 is 0 Å². The van der Waals surface area contributed by atoms with Crippen molar-refractivity contribution in [1.82, 2.24) is 0 Å². The van der Waals surface area contributed by atoms with Gasteiger partial charge < -0.3 is 14.9 Å². The number of carboxylic acid groups (broad SMARTS) is 1. The molecule has 0 aromatic rings. The minimum Gasteiger partial charge on any atom is -0.481 e. The molecule has 0 aliphatic heterocycles. The van der Waals surface area contributed by atoms with Gasteiger partial charge in [0.05, 0.1) is 12.2 Å². The Morgan fingerprint density at radius 2 is 1.67 bits per heavy atom. The maximum atomic E-state index is 10.5. The number of hydrogen-bond acceptors (Lipinski definition) is 3. The highest BCUT2D eigenvalue weighted by molar-refractivity contribution is 5.66. The summed E-state index contributed by atoms with van der Waals surface area (Å²) in [4.78, 5) is 10.5. The predicted molar refractivity (Wildman–Crippen MR) is 113 cm³/mol. The zero-order chi connectivity index (χ0) is 20.7. The van der Waals surface area contributed by atoms with Crippen molar-refractivity contribution in [2.24, 2.45) is 11.3 Å². The van der Waals surface area contributed by atoms with E-state index in [2.05, 4.69) is 27.7 Å².